The summed E-state index contributed by atoms with van der Waals surface area (Å²) in [6, 6.07) is 0. The number of allylic oxidation sites excluding steroid dienone is 2. The lowest BCUT2D eigenvalue weighted by atomic mass is 10.3. The summed E-state index contributed by atoms with van der Waals surface area (Å²) in [6.07, 6.45) is 8.60. The van der Waals surface area contributed by atoms with E-state index in [1.807, 2.05) is 4.57 Å². The number of hydrogen-bond acceptors (Lipinski definition) is 4. The van der Waals surface area contributed by atoms with Crippen LogP contribution in [0.25, 0.3) is 16.9 Å². The first-order valence-electron chi connectivity index (χ1n) is 4.67. The van der Waals surface area contributed by atoms with Gasteiger partial charge in [-0.2, -0.15) is 0 Å². The Morgan fingerprint density at radius 3 is 3.12 bits per heavy atom. The molecule has 0 amide bonds. The first-order chi connectivity index (χ1) is 7.84. The molecule has 2 aromatic heterocycles. The topological polar surface area (TPSA) is 52.8 Å². The van der Waals surface area contributed by atoms with Crippen LogP contribution in [-0.4, -0.2) is 19.5 Å². The number of hydrogen-bond donors (Lipinski definition) is 0. The van der Waals surface area contributed by atoms with Crippen molar-refractivity contribution in [2.45, 2.75) is 6.42 Å². The van der Waals surface area contributed by atoms with Gasteiger partial charge in [0.1, 0.15) is 30.7 Å². The van der Waals surface area contributed by atoms with Gasteiger partial charge in [-0.1, -0.05) is 11.6 Å². The molecule has 0 spiro atoms. The Morgan fingerprint density at radius 2 is 2.25 bits per heavy atom. The Labute approximate surface area is 96.0 Å². The van der Waals surface area contributed by atoms with Crippen molar-refractivity contribution < 1.29 is 4.74 Å². The molecule has 16 heavy (non-hydrogen) atoms. The van der Waals surface area contributed by atoms with Crippen LogP contribution < -0.4 is 0 Å². The predicted octanol–water partition coefficient (Wildman–Crippen LogP) is 2.13. The highest BCUT2D eigenvalue weighted by Gasteiger charge is 2.12. The fourth-order valence-electron chi connectivity index (χ4n) is 1.56. The molecule has 80 valence electrons. The van der Waals surface area contributed by atoms with E-state index in [4.69, 9.17) is 16.3 Å². The molecule has 0 fully saturated rings. The van der Waals surface area contributed by atoms with Crippen molar-refractivity contribution in [1.82, 2.24) is 19.5 Å². The maximum absolute atomic E-state index is 5.91. The highest BCUT2D eigenvalue weighted by molar-refractivity contribution is 6.30. The van der Waals surface area contributed by atoms with Gasteiger partial charge in [0.2, 0.25) is 0 Å². The standard InChI is InChI=1S/C10H7ClN4O/c11-7-1-8(4-16-3-7)15-6-14-9-2-12-5-13-10(9)15/h2-6H,1H2. The highest BCUT2D eigenvalue weighted by Crippen LogP contribution is 2.25. The van der Waals surface area contributed by atoms with Gasteiger partial charge < -0.3 is 4.74 Å². The third-order valence-corrected chi connectivity index (χ3v) is 2.50. The number of imidazole rings is 1. The van der Waals surface area contributed by atoms with Crippen molar-refractivity contribution in [3.8, 4) is 0 Å². The molecule has 2 aromatic rings. The van der Waals surface area contributed by atoms with E-state index in [0.29, 0.717) is 11.5 Å². The van der Waals surface area contributed by atoms with Crippen molar-refractivity contribution in [1.29, 1.82) is 0 Å². The second-order valence-electron chi connectivity index (χ2n) is 3.33. The molecule has 1 aliphatic rings. The van der Waals surface area contributed by atoms with Crippen LogP contribution in [0.2, 0.25) is 0 Å². The molecule has 0 saturated carbocycles. The molecule has 5 nitrogen and oxygen atoms in total. The minimum Gasteiger partial charge on any atom is -0.470 e. The van der Waals surface area contributed by atoms with Gasteiger partial charge in [0, 0.05) is 6.42 Å². The lowest BCUT2D eigenvalue weighted by Crippen LogP contribution is -2.00. The maximum Gasteiger partial charge on any atom is 0.167 e. The first kappa shape index (κ1) is 9.35. The third-order valence-electron chi connectivity index (χ3n) is 2.27. The first-order valence-corrected chi connectivity index (χ1v) is 5.05. The minimum atomic E-state index is 0.608. The van der Waals surface area contributed by atoms with E-state index in [0.717, 1.165) is 16.9 Å². The van der Waals surface area contributed by atoms with Gasteiger partial charge in [0.25, 0.3) is 0 Å². The van der Waals surface area contributed by atoms with Crippen LogP contribution >= 0.6 is 11.6 Å². The number of halogens is 1. The molecule has 0 aromatic carbocycles. The molecule has 0 bridgehead atoms. The van der Waals surface area contributed by atoms with Crippen LogP contribution in [-0.2, 0) is 4.74 Å². The van der Waals surface area contributed by atoms with Gasteiger partial charge in [-0.25, -0.2) is 15.0 Å². The lowest BCUT2D eigenvalue weighted by Gasteiger charge is -2.12. The molecule has 0 aliphatic carbocycles. The van der Waals surface area contributed by atoms with Gasteiger partial charge in [0.05, 0.1) is 16.9 Å². The van der Waals surface area contributed by atoms with Crippen LogP contribution in [0.4, 0.5) is 0 Å². The summed E-state index contributed by atoms with van der Waals surface area (Å²) in [5.41, 5.74) is 2.39. The van der Waals surface area contributed by atoms with E-state index in [9.17, 15) is 0 Å². The van der Waals surface area contributed by atoms with Gasteiger partial charge >= 0.3 is 0 Å². The number of ether oxygens (including phenoxy) is 1. The molecule has 3 rings (SSSR count). The smallest absolute Gasteiger partial charge is 0.167 e. The second-order valence-corrected chi connectivity index (χ2v) is 3.82. The Morgan fingerprint density at radius 1 is 1.31 bits per heavy atom. The molecule has 6 heteroatoms. The summed E-state index contributed by atoms with van der Waals surface area (Å²) in [5, 5.41) is 0.647. The molecule has 3 heterocycles. The number of nitrogens with zero attached hydrogens (tertiary/aromatic N) is 4. The largest absolute Gasteiger partial charge is 0.470 e. The van der Waals surface area contributed by atoms with Gasteiger partial charge in [0.15, 0.2) is 5.65 Å². The normalized spacial score (nSPS) is 15.6. The van der Waals surface area contributed by atoms with E-state index in [-0.39, 0.29) is 0 Å². The number of aromatic nitrogens is 4. The van der Waals surface area contributed by atoms with Crippen LogP contribution in [0.3, 0.4) is 0 Å². The van der Waals surface area contributed by atoms with Crippen molar-refractivity contribution in [3.05, 3.63) is 36.4 Å². The SMILES string of the molecule is ClC1=COC=C(n2cnc3cncnc32)C1. The van der Waals surface area contributed by atoms with Crippen LogP contribution in [0.1, 0.15) is 6.42 Å². The average Bonchev–Trinajstić information content (AvgIpc) is 2.72. The van der Waals surface area contributed by atoms with E-state index in [1.165, 1.54) is 12.6 Å². The van der Waals surface area contributed by atoms with E-state index in [2.05, 4.69) is 15.0 Å². The van der Waals surface area contributed by atoms with Crippen LogP contribution in [0.15, 0.2) is 36.4 Å². The summed E-state index contributed by atoms with van der Waals surface area (Å²) >= 11 is 5.91. The van der Waals surface area contributed by atoms with Gasteiger partial charge in [-0.05, 0) is 0 Å². The van der Waals surface area contributed by atoms with Crippen LogP contribution in [0.5, 0.6) is 0 Å². The predicted molar refractivity (Wildman–Crippen MR) is 59.2 cm³/mol. The molecule has 0 saturated heterocycles. The molecule has 0 atom stereocenters. The van der Waals surface area contributed by atoms with Crippen molar-refractivity contribution >= 4 is 28.5 Å². The molecular weight excluding hydrogens is 228 g/mol. The molecule has 1 aliphatic heterocycles. The summed E-state index contributed by atoms with van der Waals surface area (Å²) in [5.74, 6) is 0. The Kier molecular flexibility index (Phi) is 2.11. The van der Waals surface area contributed by atoms with E-state index < -0.39 is 0 Å². The number of rotatable bonds is 1. The molecule has 0 radical (unpaired) electrons. The Balaban J connectivity index is 2.10. The summed E-state index contributed by atoms with van der Waals surface area (Å²) < 4.78 is 6.96. The van der Waals surface area contributed by atoms with Crippen molar-refractivity contribution in [2.24, 2.45) is 0 Å². The van der Waals surface area contributed by atoms with Crippen LogP contribution in [0, 0.1) is 0 Å². The molecule has 0 unspecified atom stereocenters. The monoisotopic (exact) mass is 234 g/mol. The summed E-state index contributed by atoms with van der Waals surface area (Å²) in [6.45, 7) is 0. The number of fused-ring (bicyclic) bond motifs is 1. The Bertz CT molecular complexity index is 602. The maximum atomic E-state index is 5.91. The van der Waals surface area contributed by atoms with Crippen molar-refractivity contribution in [3.63, 3.8) is 0 Å². The highest BCUT2D eigenvalue weighted by atomic mass is 35.5. The zero-order chi connectivity index (χ0) is 11.0. The quantitative estimate of drug-likeness (QED) is 0.759. The zero-order valence-electron chi connectivity index (χ0n) is 8.17. The molecular formula is C10H7ClN4O. The van der Waals surface area contributed by atoms with Gasteiger partial charge in [-0.15, -0.1) is 0 Å². The van der Waals surface area contributed by atoms with E-state index in [1.54, 1.807) is 18.8 Å². The van der Waals surface area contributed by atoms with Crippen molar-refractivity contribution in [2.75, 3.05) is 0 Å². The zero-order valence-corrected chi connectivity index (χ0v) is 8.92. The average molecular weight is 235 g/mol. The summed E-state index contributed by atoms with van der Waals surface area (Å²) in [4.78, 5) is 12.3. The summed E-state index contributed by atoms with van der Waals surface area (Å²) in [7, 11) is 0. The molecule has 0 N–H and O–H groups in total. The fourth-order valence-corrected chi connectivity index (χ4v) is 1.75. The lowest BCUT2D eigenvalue weighted by molar-refractivity contribution is 0.392. The third kappa shape index (κ3) is 1.45. The van der Waals surface area contributed by atoms with E-state index >= 15 is 0 Å². The van der Waals surface area contributed by atoms with Gasteiger partial charge in [-0.3, -0.25) is 4.57 Å². The second kappa shape index (κ2) is 3.61. The minimum absolute atomic E-state index is 0.608. The Hall–Kier alpha value is -1.88. The fraction of sp³-hybridized carbons (Fsp3) is 0.100.